The number of halogens is 2. The Morgan fingerprint density at radius 1 is 1.25 bits per heavy atom. The number of carbonyl (C=O) groups is 1. The molecule has 0 bridgehead atoms. The van der Waals surface area contributed by atoms with Crippen LogP contribution in [0, 0.1) is 11.8 Å². The molecule has 4 atom stereocenters. The van der Waals surface area contributed by atoms with Gasteiger partial charge in [0.2, 0.25) is 0 Å². The lowest BCUT2D eigenvalue weighted by molar-refractivity contribution is 0.0383. The number of aliphatic hydroxyl groups excluding tert-OH is 2. The molecule has 4 unspecified atom stereocenters. The van der Waals surface area contributed by atoms with Crippen LogP contribution in [-0.2, 0) is 17.8 Å². The number of thiophene rings is 1. The molecule has 1 saturated carbocycles. The number of hydrogen-bond donors (Lipinski definition) is 2. The maximum absolute atomic E-state index is 12.0. The van der Waals surface area contributed by atoms with Crippen LogP contribution >= 0.6 is 34.5 Å². The smallest absolute Gasteiger partial charge is 0.348 e. The second kappa shape index (κ2) is 11.7. The second-order valence-electron chi connectivity index (χ2n) is 8.52. The van der Waals surface area contributed by atoms with Gasteiger partial charge in [-0.15, -0.1) is 22.9 Å². The monoisotopic (exact) mass is 500 g/mol. The summed E-state index contributed by atoms with van der Waals surface area (Å²) in [7, 11) is 0. The Morgan fingerprint density at radius 2 is 2.03 bits per heavy atom. The van der Waals surface area contributed by atoms with Crippen molar-refractivity contribution in [2.75, 3.05) is 6.61 Å². The van der Waals surface area contributed by atoms with Crippen LogP contribution in [0.2, 0.25) is 5.02 Å². The first-order valence-corrected chi connectivity index (χ1v) is 12.5. The molecular formula is C24H30Cl2O5S. The minimum Gasteiger partial charge on any atom is -0.493 e. The van der Waals surface area contributed by atoms with Crippen molar-refractivity contribution in [3.05, 3.63) is 50.7 Å². The maximum Gasteiger partial charge on any atom is 0.348 e. The fraction of sp³-hybridized carbons (Fsp3) is 0.542. The molecule has 1 aliphatic rings. The third-order valence-corrected chi connectivity index (χ3v) is 7.54. The average molecular weight is 501 g/mol. The third-order valence-electron chi connectivity index (χ3n) is 5.70. The molecule has 1 fully saturated rings. The van der Waals surface area contributed by atoms with Crippen LogP contribution in [0.5, 0.6) is 5.75 Å². The predicted octanol–water partition coefficient (Wildman–Crippen LogP) is 5.47. The van der Waals surface area contributed by atoms with E-state index in [0.29, 0.717) is 34.2 Å². The van der Waals surface area contributed by atoms with Gasteiger partial charge < -0.3 is 19.7 Å². The van der Waals surface area contributed by atoms with Crippen molar-refractivity contribution in [1.29, 1.82) is 0 Å². The topological polar surface area (TPSA) is 76.0 Å². The van der Waals surface area contributed by atoms with Crippen LogP contribution in [-0.4, -0.2) is 40.4 Å². The van der Waals surface area contributed by atoms with Gasteiger partial charge in [-0.1, -0.05) is 11.6 Å². The number of benzene rings is 1. The van der Waals surface area contributed by atoms with Crippen LogP contribution in [0.15, 0.2) is 30.3 Å². The van der Waals surface area contributed by atoms with E-state index in [1.807, 2.05) is 26.0 Å². The van der Waals surface area contributed by atoms with Crippen LogP contribution < -0.4 is 4.74 Å². The zero-order valence-corrected chi connectivity index (χ0v) is 20.6. The summed E-state index contributed by atoms with van der Waals surface area (Å²) in [5, 5.41) is 20.3. The van der Waals surface area contributed by atoms with Gasteiger partial charge in [0, 0.05) is 21.2 Å². The minimum absolute atomic E-state index is 0.0750. The van der Waals surface area contributed by atoms with E-state index < -0.39 is 6.10 Å². The fourth-order valence-electron chi connectivity index (χ4n) is 4.16. The van der Waals surface area contributed by atoms with Gasteiger partial charge in [0.05, 0.1) is 25.4 Å². The zero-order valence-electron chi connectivity index (χ0n) is 18.3. The fourth-order valence-corrected chi connectivity index (χ4v) is 5.83. The van der Waals surface area contributed by atoms with Gasteiger partial charge in [-0.3, -0.25) is 0 Å². The lowest BCUT2D eigenvalue weighted by atomic mass is 9.90. The van der Waals surface area contributed by atoms with Gasteiger partial charge in [-0.25, -0.2) is 4.79 Å². The number of alkyl halides is 1. The standard InChI is InChI=1S/C24H30Cl2O5S/c1-14(2)31-24(29)23-7-6-18(32-23)4-3-5-19-20(22(28)11-21(19)26)13-30-17-9-15(12-27)8-16(25)10-17/h6-10,14,19-22,27-28H,3-5,11-13H2,1-2H3. The summed E-state index contributed by atoms with van der Waals surface area (Å²) < 4.78 is 11.2. The molecular weight excluding hydrogens is 471 g/mol. The van der Waals surface area contributed by atoms with Gasteiger partial charge in [-0.2, -0.15) is 0 Å². The Bertz CT molecular complexity index is 900. The molecule has 32 heavy (non-hydrogen) atoms. The molecule has 1 aromatic heterocycles. The quantitative estimate of drug-likeness (QED) is 0.334. The Balaban J connectivity index is 1.54. The van der Waals surface area contributed by atoms with E-state index in [2.05, 4.69) is 0 Å². The highest BCUT2D eigenvalue weighted by Gasteiger charge is 2.41. The molecule has 0 radical (unpaired) electrons. The summed E-state index contributed by atoms with van der Waals surface area (Å²) in [5.74, 6) is 0.353. The molecule has 0 spiro atoms. The first kappa shape index (κ1) is 25.3. The summed E-state index contributed by atoms with van der Waals surface area (Å²) in [6.07, 6.45) is 2.50. The molecule has 0 saturated heterocycles. The highest BCUT2D eigenvalue weighted by molar-refractivity contribution is 7.13. The zero-order chi connectivity index (χ0) is 23.3. The number of esters is 1. The molecule has 3 rings (SSSR count). The Morgan fingerprint density at radius 3 is 2.75 bits per heavy atom. The van der Waals surface area contributed by atoms with E-state index in [0.717, 1.165) is 24.1 Å². The van der Waals surface area contributed by atoms with Crippen LogP contribution in [0.25, 0.3) is 0 Å². The molecule has 1 heterocycles. The van der Waals surface area contributed by atoms with Gasteiger partial charge >= 0.3 is 5.97 Å². The van der Waals surface area contributed by atoms with Crippen LogP contribution in [0.1, 0.15) is 53.2 Å². The van der Waals surface area contributed by atoms with Crippen molar-refractivity contribution in [1.82, 2.24) is 0 Å². The van der Waals surface area contributed by atoms with Gasteiger partial charge in [-0.05, 0) is 81.3 Å². The predicted molar refractivity (Wildman–Crippen MR) is 128 cm³/mol. The number of ether oxygens (including phenoxy) is 2. The molecule has 2 N–H and O–H groups in total. The average Bonchev–Trinajstić information content (AvgIpc) is 3.30. The molecule has 176 valence electrons. The highest BCUT2D eigenvalue weighted by atomic mass is 35.5. The SMILES string of the molecule is CC(C)OC(=O)c1ccc(CCCC2C(Cl)CC(O)C2COc2cc(Cl)cc(CO)c2)s1. The molecule has 8 heteroatoms. The molecule has 5 nitrogen and oxygen atoms in total. The maximum atomic E-state index is 12.0. The summed E-state index contributed by atoms with van der Waals surface area (Å²) in [6.45, 7) is 3.89. The van der Waals surface area contributed by atoms with Crippen molar-refractivity contribution >= 4 is 40.5 Å². The van der Waals surface area contributed by atoms with Crippen molar-refractivity contribution in [2.24, 2.45) is 11.8 Å². The number of rotatable bonds is 10. The number of hydrogen-bond acceptors (Lipinski definition) is 6. The molecule has 2 aromatic rings. The number of aryl methyl sites for hydroxylation is 1. The largest absolute Gasteiger partial charge is 0.493 e. The Labute approximate surface area is 203 Å². The molecule has 0 amide bonds. The minimum atomic E-state index is -0.516. The van der Waals surface area contributed by atoms with Crippen LogP contribution in [0.3, 0.4) is 0 Å². The third kappa shape index (κ3) is 6.84. The van der Waals surface area contributed by atoms with Gasteiger partial charge in [0.1, 0.15) is 10.6 Å². The first-order chi connectivity index (χ1) is 15.3. The lowest BCUT2D eigenvalue weighted by Crippen LogP contribution is -2.27. The van der Waals surface area contributed by atoms with E-state index in [1.165, 1.54) is 11.3 Å². The second-order valence-corrected chi connectivity index (χ2v) is 10.7. The van der Waals surface area contributed by atoms with Gasteiger partial charge in [0.25, 0.3) is 0 Å². The van der Waals surface area contributed by atoms with Gasteiger partial charge in [0.15, 0.2) is 0 Å². The van der Waals surface area contributed by atoms with E-state index >= 15 is 0 Å². The summed E-state index contributed by atoms with van der Waals surface area (Å²) in [4.78, 5) is 13.8. The first-order valence-electron chi connectivity index (χ1n) is 10.9. The van der Waals surface area contributed by atoms with Crippen molar-refractivity contribution in [3.63, 3.8) is 0 Å². The van der Waals surface area contributed by atoms with Crippen molar-refractivity contribution < 1.29 is 24.5 Å². The number of carbonyl (C=O) groups excluding carboxylic acids is 1. The summed E-state index contributed by atoms with van der Waals surface area (Å²) in [6, 6.07) is 8.93. The summed E-state index contributed by atoms with van der Waals surface area (Å²) in [5.41, 5.74) is 0.679. The van der Waals surface area contributed by atoms with E-state index in [-0.39, 0.29) is 35.9 Å². The number of aliphatic hydroxyl groups is 2. The molecule has 0 aliphatic heterocycles. The van der Waals surface area contributed by atoms with Crippen molar-refractivity contribution in [2.45, 2.75) is 63.7 Å². The van der Waals surface area contributed by atoms with Crippen LogP contribution in [0.4, 0.5) is 0 Å². The summed E-state index contributed by atoms with van der Waals surface area (Å²) >= 11 is 14.1. The lowest BCUT2D eigenvalue weighted by Gasteiger charge is -2.24. The Kier molecular flexibility index (Phi) is 9.26. The Hall–Kier alpha value is -1.31. The normalized spacial score (nSPS) is 23.0. The molecule has 1 aliphatic carbocycles. The highest BCUT2D eigenvalue weighted by Crippen LogP contribution is 2.40. The van der Waals surface area contributed by atoms with E-state index in [4.69, 9.17) is 32.7 Å². The molecule has 1 aromatic carbocycles. The van der Waals surface area contributed by atoms with E-state index in [9.17, 15) is 15.0 Å². The van der Waals surface area contributed by atoms with E-state index in [1.54, 1.807) is 18.2 Å². The van der Waals surface area contributed by atoms with Crippen molar-refractivity contribution in [3.8, 4) is 5.75 Å².